The molecule has 0 fully saturated rings. The number of hydrogen-bond donors (Lipinski definition) is 1. The van der Waals surface area contributed by atoms with E-state index in [0.717, 1.165) is 28.6 Å². The summed E-state index contributed by atoms with van der Waals surface area (Å²) in [5.41, 5.74) is 2.70. The Morgan fingerprint density at radius 1 is 1.39 bits per heavy atom. The maximum Gasteiger partial charge on any atom is 0.253 e. The lowest BCUT2D eigenvalue weighted by molar-refractivity contribution is 0.0928. The Kier molecular flexibility index (Phi) is 5.26. The molecule has 2 rings (SSSR count). The molecule has 5 nitrogen and oxygen atoms in total. The number of nitrogens with zero attached hydrogens (tertiary/aromatic N) is 3. The van der Waals surface area contributed by atoms with Gasteiger partial charge >= 0.3 is 0 Å². The molecule has 1 N–H and O–H groups in total. The van der Waals surface area contributed by atoms with Crippen LogP contribution in [0.1, 0.15) is 35.6 Å². The number of aryl methyl sites for hydroxylation is 1. The van der Waals surface area contributed by atoms with Crippen molar-refractivity contribution < 1.29 is 4.79 Å². The highest BCUT2D eigenvalue weighted by atomic mass is 32.1. The third kappa shape index (κ3) is 4.20. The van der Waals surface area contributed by atoms with E-state index in [4.69, 9.17) is 0 Å². The molecule has 0 aliphatic heterocycles. The Morgan fingerprint density at radius 3 is 2.65 bits per heavy atom. The molecular weight excluding hydrogens is 308 g/mol. The molecule has 1 amide bonds. The van der Waals surface area contributed by atoms with Crippen molar-refractivity contribution in [3.63, 3.8) is 0 Å². The first-order valence-electron chi connectivity index (χ1n) is 7.73. The van der Waals surface area contributed by atoms with Crippen molar-refractivity contribution in [2.24, 2.45) is 5.41 Å². The molecule has 0 aliphatic carbocycles. The van der Waals surface area contributed by atoms with Gasteiger partial charge in [0.05, 0.1) is 5.56 Å². The van der Waals surface area contributed by atoms with Crippen molar-refractivity contribution in [3.05, 3.63) is 34.6 Å². The minimum atomic E-state index is -0.0206. The summed E-state index contributed by atoms with van der Waals surface area (Å²) in [5.74, 6) is -0.0206. The Balaban J connectivity index is 2.14. The van der Waals surface area contributed by atoms with Gasteiger partial charge in [-0.1, -0.05) is 13.8 Å². The van der Waals surface area contributed by atoms with Crippen LogP contribution in [-0.2, 0) is 0 Å². The van der Waals surface area contributed by atoms with E-state index in [1.54, 1.807) is 17.5 Å². The summed E-state index contributed by atoms with van der Waals surface area (Å²) in [7, 11) is 4.09. The predicted molar refractivity (Wildman–Crippen MR) is 95.6 cm³/mol. The van der Waals surface area contributed by atoms with Crippen LogP contribution < -0.4 is 5.32 Å². The molecule has 6 heteroatoms. The molecule has 0 atom stereocenters. The minimum Gasteiger partial charge on any atom is -0.351 e. The van der Waals surface area contributed by atoms with Gasteiger partial charge in [0.15, 0.2) is 5.13 Å². The average Bonchev–Trinajstić information content (AvgIpc) is 3.03. The van der Waals surface area contributed by atoms with Gasteiger partial charge < -0.3 is 10.2 Å². The van der Waals surface area contributed by atoms with Crippen LogP contribution in [0.15, 0.2) is 17.6 Å². The molecule has 2 heterocycles. The van der Waals surface area contributed by atoms with Crippen molar-refractivity contribution in [3.8, 4) is 5.13 Å². The SMILES string of the molecule is Cc1cc(C(=O)NCC(C)(C)CN(C)C)c(C)n1-c1nccs1. The van der Waals surface area contributed by atoms with Crippen molar-refractivity contribution in [2.75, 3.05) is 27.2 Å². The molecule has 23 heavy (non-hydrogen) atoms. The van der Waals surface area contributed by atoms with E-state index in [9.17, 15) is 4.79 Å². The molecule has 126 valence electrons. The Labute approximate surface area is 142 Å². The van der Waals surface area contributed by atoms with E-state index in [1.165, 1.54) is 0 Å². The summed E-state index contributed by atoms with van der Waals surface area (Å²) < 4.78 is 2.03. The number of hydrogen-bond acceptors (Lipinski definition) is 4. The molecule has 0 aliphatic rings. The van der Waals surface area contributed by atoms with Gasteiger partial charge in [0, 0.05) is 36.1 Å². The van der Waals surface area contributed by atoms with Gasteiger partial charge in [-0.2, -0.15) is 0 Å². The molecule has 2 aromatic heterocycles. The third-order valence-electron chi connectivity index (χ3n) is 3.76. The van der Waals surface area contributed by atoms with Gasteiger partial charge in [0.2, 0.25) is 0 Å². The smallest absolute Gasteiger partial charge is 0.253 e. The highest BCUT2D eigenvalue weighted by Gasteiger charge is 2.22. The van der Waals surface area contributed by atoms with Crippen LogP contribution in [0.3, 0.4) is 0 Å². The summed E-state index contributed by atoms with van der Waals surface area (Å²) in [6.45, 7) is 9.85. The van der Waals surface area contributed by atoms with Crippen molar-refractivity contribution in [2.45, 2.75) is 27.7 Å². The number of carbonyl (C=O) groups excluding carboxylic acids is 1. The van der Waals surface area contributed by atoms with Crippen LogP contribution in [-0.4, -0.2) is 47.5 Å². The summed E-state index contributed by atoms with van der Waals surface area (Å²) in [4.78, 5) is 19.1. The Bertz CT molecular complexity index is 671. The van der Waals surface area contributed by atoms with E-state index in [-0.39, 0.29) is 11.3 Å². The standard InChI is InChI=1S/C17H26N4OS/c1-12-9-14(13(2)21(12)16-18-7-8-23-16)15(22)19-10-17(3,4)11-20(5)6/h7-9H,10-11H2,1-6H3,(H,19,22). The average molecular weight is 334 g/mol. The first-order chi connectivity index (χ1) is 10.7. The monoisotopic (exact) mass is 334 g/mol. The Morgan fingerprint density at radius 2 is 2.09 bits per heavy atom. The summed E-state index contributed by atoms with van der Waals surface area (Å²) in [5, 5.41) is 5.91. The van der Waals surface area contributed by atoms with Gasteiger partial charge in [-0.3, -0.25) is 9.36 Å². The lowest BCUT2D eigenvalue weighted by Crippen LogP contribution is -2.40. The minimum absolute atomic E-state index is 0.0206. The number of amides is 1. The number of rotatable bonds is 6. The van der Waals surface area contributed by atoms with E-state index >= 15 is 0 Å². The second kappa shape index (κ2) is 6.84. The fraction of sp³-hybridized carbons (Fsp3) is 0.529. The molecule has 0 unspecified atom stereocenters. The van der Waals surface area contributed by atoms with Gasteiger partial charge in [0.1, 0.15) is 0 Å². The highest BCUT2D eigenvalue weighted by molar-refractivity contribution is 7.12. The van der Waals surface area contributed by atoms with E-state index in [0.29, 0.717) is 6.54 Å². The number of aromatic nitrogens is 2. The molecule has 0 saturated carbocycles. The lowest BCUT2D eigenvalue weighted by Gasteiger charge is -2.28. The zero-order valence-electron chi connectivity index (χ0n) is 14.8. The normalized spacial score (nSPS) is 12.0. The fourth-order valence-electron chi connectivity index (χ4n) is 2.94. The molecule has 0 saturated heterocycles. The first kappa shape index (κ1) is 17.7. The van der Waals surface area contributed by atoms with Crippen LogP contribution >= 0.6 is 11.3 Å². The van der Waals surface area contributed by atoms with Crippen LogP contribution in [0.2, 0.25) is 0 Å². The second-order valence-corrected chi connectivity index (χ2v) is 7.89. The molecule has 0 spiro atoms. The van der Waals surface area contributed by atoms with Gasteiger partial charge in [-0.05, 0) is 39.4 Å². The molecule has 0 aromatic carbocycles. The number of thiazole rings is 1. The molecular formula is C17H26N4OS. The van der Waals surface area contributed by atoms with Gasteiger partial charge in [-0.15, -0.1) is 11.3 Å². The molecule has 2 aromatic rings. The van der Waals surface area contributed by atoms with Gasteiger partial charge in [-0.25, -0.2) is 4.98 Å². The Hall–Kier alpha value is -1.66. The van der Waals surface area contributed by atoms with E-state index in [2.05, 4.69) is 29.0 Å². The maximum atomic E-state index is 12.6. The van der Waals surface area contributed by atoms with Crippen LogP contribution in [0.5, 0.6) is 0 Å². The van der Waals surface area contributed by atoms with Crippen LogP contribution in [0.4, 0.5) is 0 Å². The van der Waals surface area contributed by atoms with E-state index in [1.807, 2.05) is 44.0 Å². The van der Waals surface area contributed by atoms with Crippen molar-refractivity contribution >= 4 is 17.2 Å². The predicted octanol–water partition coefficient (Wildman–Crippen LogP) is 2.87. The topological polar surface area (TPSA) is 50.2 Å². The summed E-state index contributed by atoms with van der Waals surface area (Å²) in [6.07, 6.45) is 1.78. The first-order valence-corrected chi connectivity index (χ1v) is 8.61. The lowest BCUT2D eigenvalue weighted by atomic mass is 9.93. The largest absolute Gasteiger partial charge is 0.351 e. The molecule has 0 bridgehead atoms. The quantitative estimate of drug-likeness (QED) is 0.884. The van der Waals surface area contributed by atoms with Gasteiger partial charge in [0.25, 0.3) is 5.91 Å². The summed E-state index contributed by atoms with van der Waals surface area (Å²) in [6, 6.07) is 1.94. The maximum absolute atomic E-state index is 12.6. The third-order valence-corrected chi connectivity index (χ3v) is 4.51. The fourth-order valence-corrected chi connectivity index (χ4v) is 3.69. The van der Waals surface area contributed by atoms with Crippen LogP contribution in [0.25, 0.3) is 5.13 Å². The zero-order chi connectivity index (χ0) is 17.2. The van der Waals surface area contributed by atoms with Crippen molar-refractivity contribution in [1.29, 1.82) is 0 Å². The van der Waals surface area contributed by atoms with Crippen LogP contribution in [0, 0.1) is 19.3 Å². The summed E-state index contributed by atoms with van der Waals surface area (Å²) >= 11 is 1.57. The zero-order valence-corrected chi connectivity index (χ0v) is 15.6. The number of nitrogens with one attached hydrogen (secondary N) is 1. The number of carbonyl (C=O) groups is 1. The van der Waals surface area contributed by atoms with Crippen molar-refractivity contribution in [1.82, 2.24) is 19.8 Å². The second-order valence-electron chi connectivity index (χ2n) is 7.02. The molecule has 0 radical (unpaired) electrons. The van der Waals surface area contributed by atoms with E-state index < -0.39 is 0 Å². The highest BCUT2D eigenvalue weighted by Crippen LogP contribution is 2.22.